The summed E-state index contributed by atoms with van der Waals surface area (Å²) in [5.74, 6) is 1.72. The topological polar surface area (TPSA) is 78.1 Å². The van der Waals surface area contributed by atoms with Gasteiger partial charge in [0.2, 0.25) is 0 Å². The molecule has 1 atom stereocenters. The first kappa shape index (κ1) is 27.7. The Hall–Kier alpha value is -7.05. The summed E-state index contributed by atoms with van der Waals surface area (Å²) in [5, 5.41) is 6.14. The molecule has 0 spiro atoms. The number of fused-ring (bicyclic) bond motifs is 9. The Balaban J connectivity index is 1.29. The molecule has 6 heteroatoms. The molecular weight excluding hydrogens is 643 g/mol. The molecular formula is C46H25N3O3. The third-order valence-electron chi connectivity index (χ3n) is 10.8. The summed E-state index contributed by atoms with van der Waals surface area (Å²) in [4.78, 5) is 16.2. The second-order valence-electron chi connectivity index (χ2n) is 13.5. The van der Waals surface area contributed by atoms with Crippen molar-refractivity contribution in [3.05, 3.63) is 174 Å². The predicted octanol–water partition coefficient (Wildman–Crippen LogP) is 11.6. The van der Waals surface area contributed by atoms with Crippen LogP contribution in [-0.2, 0) is 5.41 Å². The first-order valence-corrected chi connectivity index (χ1v) is 17.4. The molecule has 1 aliphatic rings. The highest BCUT2D eigenvalue weighted by Crippen LogP contribution is 2.52. The van der Waals surface area contributed by atoms with Crippen LogP contribution in [0, 0.1) is 0 Å². The molecule has 2 bridgehead atoms. The summed E-state index contributed by atoms with van der Waals surface area (Å²) in [5.41, 5.74) is 8.56. The molecule has 0 aliphatic carbocycles. The Morgan fingerprint density at radius 2 is 0.981 bits per heavy atom. The summed E-state index contributed by atoms with van der Waals surface area (Å²) in [6.45, 7) is 0. The molecule has 12 rings (SSSR count). The van der Waals surface area contributed by atoms with Gasteiger partial charge in [-0.3, -0.25) is 0 Å². The number of nitrogens with zero attached hydrogens (tertiary/aromatic N) is 3. The largest absolute Gasteiger partial charge is 0.456 e. The highest BCUT2D eigenvalue weighted by molar-refractivity contribution is 6.15. The number of aromatic nitrogens is 3. The molecule has 0 unspecified atom stereocenters. The van der Waals surface area contributed by atoms with Gasteiger partial charge in [-0.1, -0.05) is 109 Å². The summed E-state index contributed by atoms with van der Waals surface area (Å²) < 4.78 is 19.5. The van der Waals surface area contributed by atoms with Crippen molar-refractivity contribution < 1.29 is 13.3 Å². The highest BCUT2D eigenvalue weighted by Gasteiger charge is 2.45. The van der Waals surface area contributed by atoms with Crippen molar-refractivity contribution in [3.8, 4) is 22.8 Å². The monoisotopic (exact) mass is 667 g/mol. The average Bonchev–Trinajstić information content (AvgIpc) is 3.89. The summed E-state index contributed by atoms with van der Waals surface area (Å²) in [6, 6.07) is 51.9. The second-order valence-corrected chi connectivity index (χ2v) is 13.5. The summed E-state index contributed by atoms with van der Waals surface area (Å²) >= 11 is 0. The maximum atomic E-state index is 6.62. The van der Waals surface area contributed by atoms with Crippen molar-refractivity contribution in [2.45, 2.75) is 5.41 Å². The van der Waals surface area contributed by atoms with E-state index in [2.05, 4.69) is 84.9 Å². The molecule has 0 fully saturated rings. The van der Waals surface area contributed by atoms with Crippen LogP contribution in [0.3, 0.4) is 0 Å². The van der Waals surface area contributed by atoms with E-state index in [1.165, 1.54) is 0 Å². The van der Waals surface area contributed by atoms with Crippen LogP contribution in [0.5, 0.6) is 0 Å². The molecule has 11 aromatic rings. The lowest BCUT2D eigenvalue weighted by Crippen LogP contribution is -2.34. The third kappa shape index (κ3) is 3.55. The van der Waals surface area contributed by atoms with Gasteiger partial charge in [-0.05, 0) is 59.2 Å². The van der Waals surface area contributed by atoms with Gasteiger partial charge in [0.1, 0.15) is 38.9 Å². The van der Waals surface area contributed by atoms with Crippen LogP contribution in [-0.4, -0.2) is 15.0 Å². The highest BCUT2D eigenvalue weighted by atomic mass is 16.3. The van der Waals surface area contributed by atoms with E-state index < -0.39 is 5.41 Å². The number of para-hydroxylation sites is 3. The Labute approximate surface area is 295 Å². The SMILES string of the molecule is c1ccc([C@@]2(c3ccc4oc5ccccc5c4c3)c3nc(-c4cccc5c4oc4ccccc45)nc(n3)-c3cccc4oc5cccc2c5c34)cc1. The van der Waals surface area contributed by atoms with Crippen LogP contribution in [0.2, 0.25) is 0 Å². The fourth-order valence-electron chi connectivity index (χ4n) is 8.58. The molecule has 0 saturated heterocycles. The van der Waals surface area contributed by atoms with E-state index in [1.807, 2.05) is 66.7 Å². The molecule has 7 aromatic carbocycles. The lowest BCUT2D eigenvalue weighted by molar-refractivity contribution is 0.660. The number of rotatable bonds is 3. The molecule has 1 aliphatic heterocycles. The second kappa shape index (κ2) is 10.0. The Morgan fingerprint density at radius 3 is 1.83 bits per heavy atom. The van der Waals surface area contributed by atoms with Crippen molar-refractivity contribution in [1.29, 1.82) is 0 Å². The van der Waals surface area contributed by atoms with Crippen molar-refractivity contribution in [2.24, 2.45) is 0 Å². The fraction of sp³-hybridized carbons (Fsp3) is 0.0217. The van der Waals surface area contributed by atoms with Crippen molar-refractivity contribution in [2.75, 3.05) is 0 Å². The average molecular weight is 668 g/mol. The predicted molar refractivity (Wildman–Crippen MR) is 204 cm³/mol. The zero-order chi connectivity index (χ0) is 34.0. The van der Waals surface area contributed by atoms with Crippen LogP contribution in [0.4, 0.5) is 0 Å². The van der Waals surface area contributed by atoms with Gasteiger partial charge in [0, 0.05) is 37.9 Å². The molecule has 0 radical (unpaired) electrons. The third-order valence-corrected chi connectivity index (χ3v) is 10.8. The van der Waals surface area contributed by atoms with Crippen LogP contribution in [0.15, 0.2) is 165 Å². The lowest BCUT2D eigenvalue weighted by Gasteiger charge is -2.36. The first-order valence-electron chi connectivity index (χ1n) is 17.4. The van der Waals surface area contributed by atoms with Gasteiger partial charge in [-0.25, -0.2) is 15.0 Å². The minimum atomic E-state index is -0.994. The van der Waals surface area contributed by atoms with E-state index in [4.69, 9.17) is 28.2 Å². The summed E-state index contributed by atoms with van der Waals surface area (Å²) in [7, 11) is 0. The number of hydrogen-bond donors (Lipinski definition) is 0. The smallest absolute Gasteiger partial charge is 0.167 e. The van der Waals surface area contributed by atoms with Gasteiger partial charge < -0.3 is 13.3 Å². The lowest BCUT2D eigenvalue weighted by atomic mass is 9.67. The van der Waals surface area contributed by atoms with E-state index in [9.17, 15) is 0 Å². The van der Waals surface area contributed by atoms with Gasteiger partial charge in [0.15, 0.2) is 17.5 Å². The van der Waals surface area contributed by atoms with Gasteiger partial charge in [-0.2, -0.15) is 0 Å². The molecule has 0 saturated carbocycles. The molecule has 6 nitrogen and oxygen atoms in total. The Bertz CT molecular complexity index is 3260. The van der Waals surface area contributed by atoms with E-state index in [1.54, 1.807) is 0 Å². The minimum absolute atomic E-state index is 0.538. The van der Waals surface area contributed by atoms with Crippen LogP contribution >= 0.6 is 0 Å². The van der Waals surface area contributed by atoms with E-state index in [0.29, 0.717) is 17.5 Å². The molecule has 4 aromatic heterocycles. The number of furan rings is 3. The maximum absolute atomic E-state index is 6.62. The van der Waals surface area contributed by atoms with Crippen molar-refractivity contribution in [1.82, 2.24) is 15.0 Å². The zero-order valence-electron chi connectivity index (χ0n) is 27.5. The van der Waals surface area contributed by atoms with Gasteiger partial charge in [-0.15, -0.1) is 0 Å². The van der Waals surface area contributed by atoms with Gasteiger partial charge in [0.25, 0.3) is 0 Å². The van der Waals surface area contributed by atoms with Crippen molar-refractivity contribution >= 4 is 65.8 Å². The maximum Gasteiger partial charge on any atom is 0.167 e. The zero-order valence-corrected chi connectivity index (χ0v) is 27.5. The van der Waals surface area contributed by atoms with E-state index in [0.717, 1.165) is 93.6 Å². The van der Waals surface area contributed by atoms with Gasteiger partial charge in [0.05, 0.1) is 5.56 Å². The van der Waals surface area contributed by atoms with Crippen LogP contribution in [0.25, 0.3) is 88.6 Å². The molecule has 0 amide bonds. The fourth-order valence-corrected chi connectivity index (χ4v) is 8.58. The summed E-state index contributed by atoms with van der Waals surface area (Å²) in [6.07, 6.45) is 0. The molecule has 0 N–H and O–H groups in total. The standard InChI is InChI=1S/C46H25N3O3/c1-2-11-26(12-3-1)46(27-23-24-37-33(25-27)29-14-5-6-19-35(29)50-37)34-18-10-22-39-41(34)40-31(16-9-21-38(40)51-39)43-47-44(49-45(46)48-43)32-17-8-15-30-28-13-4-7-20-36(28)52-42(30)32/h1-25H/t46-/m0/s1. The molecule has 242 valence electrons. The van der Waals surface area contributed by atoms with Gasteiger partial charge >= 0.3 is 0 Å². The van der Waals surface area contributed by atoms with E-state index >= 15 is 0 Å². The number of benzene rings is 7. The minimum Gasteiger partial charge on any atom is -0.456 e. The normalized spacial score (nSPS) is 15.4. The Morgan fingerprint density at radius 1 is 0.385 bits per heavy atom. The first-order chi connectivity index (χ1) is 25.8. The number of hydrogen-bond acceptors (Lipinski definition) is 6. The van der Waals surface area contributed by atoms with Crippen molar-refractivity contribution in [3.63, 3.8) is 0 Å². The van der Waals surface area contributed by atoms with E-state index in [-0.39, 0.29) is 0 Å². The Kier molecular flexibility index (Phi) is 5.34. The van der Waals surface area contributed by atoms with Crippen LogP contribution in [0.1, 0.15) is 22.5 Å². The van der Waals surface area contributed by atoms with Crippen LogP contribution < -0.4 is 0 Å². The quantitative estimate of drug-likeness (QED) is 0.187. The molecule has 52 heavy (non-hydrogen) atoms. The molecule has 5 heterocycles.